The number of hydrogen-bond donors (Lipinski definition) is 2. The number of nitrogens with zero attached hydrogens (tertiary/aromatic N) is 1. The van der Waals surface area contributed by atoms with E-state index in [4.69, 9.17) is 16.3 Å². The maximum Gasteiger partial charge on any atom is 0.251 e. The van der Waals surface area contributed by atoms with E-state index in [9.17, 15) is 4.79 Å². The zero-order valence-electron chi connectivity index (χ0n) is 16.3. The van der Waals surface area contributed by atoms with Crippen LogP contribution >= 0.6 is 23.1 Å². The number of aromatic nitrogens is 1. The summed E-state index contributed by atoms with van der Waals surface area (Å²) in [5.74, 6) is 1.46. The zero-order valence-corrected chi connectivity index (χ0v) is 17.9. The van der Waals surface area contributed by atoms with Crippen LogP contribution in [-0.4, -0.2) is 30.5 Å². The fourth-order valence-corrected chi connectivity index (χ4v) is 4.11. The van der Waals surface area contributed by atoms with Crippen molar-refractivity contribution in [1.82, 2.24) is 9.69 Å². The van der Waals surface area contributed by atoms with Crippen LogP contribution in [0.1, 0.15) is 10.4 Å². The van der Waals surface area contributed by atoms with Gasteiger partial charge in [0.2, 0.25) is 0 Å². The standard InChI is InChI=1S/C23H20ClN3O2S/c1-29-20-11-10-17(24)14-19(20)15-6-8-16(9-7-15)23(28)26-13-12-25-22-18-4-2-3-5-21(18)30-27-22/h2-11,14H,12-13H2,1H3,(H,25,27)(H,26,28). The Labute approximate surface area is 183 Å². The van der Waals surface area contributed by atoms with Crippen molar-refractivity contribution in [2.45, 2.75) is 0 Å². The monoisotopic (exact) mass is 437 g/mol. The average Bonchev–Trinajstić information content (AvgIpc) is 3.20. The van der Waals surface area contributed by atoms with Crippen molar-refractivity contribution < 1.29 is 9.53 Å². The molecule has 1 heterocycles. The third-order valence-corrected chi connectivity index (χ3v) is 5.76. The molecule has 0 aliphatic heterocycles. The molecule has 1 amide bonds. The summed E-state index contributed by atoms with van der Waals surface area (Å²) in [5, 5.41) is 7.94. The van der Waals surface area contributed by atoms with E-state index in [0.717, 1.165) is 32.8 Å². The summed E-state index contributed by atoms with van der Waals surface area (Å²) in [4.78, 5) is 12.4. The van der Waals surface area contributed by atoms with Crippen LogP contribution in [-0.2, 0) is 0 Å². The van der Waals surface area contributed by atoms with Crippen LogP contribution < -0.4 is 15.4 Å². The molecule has 3 aromatic carbocycles. The Balaban J connectivity index is 1.34. The molecular formula is C23H20ClN3O2S. The van der Waals surface area contributed by atoms with E-state index < -0.39 is 0 Å². The Kier molecular flexibility index (Phi) is 6.16. The molecule has 0 aliphatic rings. The topological polar surface area (TPSA) is 63.2 Å². The van der Waals surface area contributed by atoms with E-state index in [-0.39, 0.29) is 5.91 Å². The van der Waals surface area contributed by atoms with E-state index in [1.165, 1.54) is 11.5 Å². The summed E-state index contributed by atoms with van der Waals surface area (Å²) in [7, 11) is 1.62. The molecule has 0 saturated carbocycles. The number of fused-ring (bicyclic) bond motifs is 1. The number of halogens is 1. The predicted octanol–water partition coefficient (Wildman–Crippen LogP) is 5.47. The highest BCUT2D eigenvalue weighted by Gasteiger charge is 2.10. The summed E-state index contributed by atoms with van der Waals surface area (Å²) in [5.41, 5.74) is 2.42. The van der Waals surface area contributed by atoms with Gasteiger partial charge in [-0.25, -0.2) is 0 Å². The maximum absolute atomic E-state index is 12.4. The molecule has 0 unspecified atom stereocenters. The number of carbonyl (C=O) groups excluding carboxylic acids is 1. The summed E-state index contributed by atoms with van der Waals surface area (Å²) < 4.78 is 11.0. The quantitative estimate of drug-likeness (QED) is 0.376. The highest BCUT2D eigenvalue weighted by Crippen LogP contribution is 2.32. The largest absolute Gasteiger partial charge is 0.496 e. The molecule has 4 rings (SSSR count). The van der Waals surface area contributed by atoms with E-state index >= 15 is 0 Å². The van der Waals surface area contributed by atoms with Crippen molar-refractivity contribution in [3.05, 3.63) is 77.3 Å². The average molecular weight is 438 g/mol. The first kappa shape index (κ1) is 20.2. The molecule has 5 nitrogen and oxygen atoms in total. The zero-order chi connectivity index (χ0) is 20.9. The number of hydrogen-bond acceptors (Lipinski definition) is 5. The lowest BCUT2D eigenvalue weighted by Gasteiger charge is -2.10. The molecule has 0 spiro atoms. The van der Waals surface area contributed by atoms with Crippen molar-refractivity contribution >= 4 is 44.9 Å². The molecule has 0 fully saturated rings. The fourth-order valence-electron chi connectivity index (χ4n) is 3.18. The Morgan fingerprint density at radius 3 is 2.67 bits per heavy atom. The molecule has 2 N–H and O–H groups in total. The Bertz CT molecular complexity index is 1170. The van der Waals surface area contributed by atoms with E-state index in [0.29, 0.717) is 23.7 Å². The van der Waals surface area contributed by atoms with Gasteiger partial charge in [0.1, 0.15) is 11.6 Å². The van der Waals surface area contributed by atoms with Crippen LogP contribution in [0.2, 0.25) is 5.02 Å². The van der Waals surface area contributed by atoms with Crippen molar-refractivity contribution in [2.75, 3.05) is 25.5 Å². The minimum absolute atomic E-state index is 0.121. The number of methoxy groups -OCH3 is 1. The first-order valence-electron chi connectivity index (χ1n) is 9.46. The summed E-state index contributed by atoms with van der Waals surface area (Å²) >= 11 is 7.58. The third kappa shape index (κ3) is 4.40. The molecule has 7 heteroatoms. The molecule has 1 aromatic heterocycles. The van der Waals surface area contributed by atoms with Gasteiger partial charge >= 0.3 is 0 Å². The summed E-state index contributed by atoms with van der Waals surface area (Å²) in [6.45, 7) is 1.09. The number of anilines is 1. The molecule has 0 bridgehead atoms. The van der Waals surface area contributed by atoms with Crippen LogP contribution in [0, 0.1) is 0 Å². The predicted molar refractivity (Wildman–Crippen MR) is 124 cm³/mol. The van der Waals surface area contributed by atoms with Crippen molar-refractivity contribution in [3.8, 4) is 16.9 Å². The van der Waals surface area contributed by atoms with E-state index in [2.05, 4.69) is 15.0 Å². The van der Waals surface area contributed by atoms with Gasteiger partial charge in [-0.15, -0.1) is 0 Å². The molecule has 30 heavy (non-hydrogen) atoms. The first-order valence-corrected chi connectivity index (χ1v) is 10.6. The fraction of sp³-hybridized carbons (Fsp3) is 0.130. The second-order valence-electron chi connectivity index (χ2n) is 6.63. The molecule has 0 radical (unpaired) electrons. The van der Waals surface area contributed by atoms with Crippen molar-refractivity contribution in [3.63, 3.8) is 0 Å². The van der Waals surface area contributed by atoms with Crippen molar-refractivity contribution in [2.24, 2.45) is 0 Å². The maximum atomic E-state index is 12.4. The second kappa shape index (κ2) is 9.15. The van der Waals surface area contributed by atoms with Crippen LogP contribution in [0.4, 0.5) is 5.82 Å². The van der Waals surface area contributed by atoms with Crippen LogP contribution in [0.15, 0.2) is 66.7 Å². The van der Waals surface area contributed by atoms with Crippen LogP contribution in [0.5, 0.6) is 5.75 Å². The normalized spacial score (nSPS) is 10.7. The number of carbonyl (C=O) groups is 1. The number of amides is 1. The molecule has 0 aliphatic carbocycles. The smallest absolute Gasteiger partial charge is 0.251 e. The summed E-state index contributed by atoms with van der Waals surface area (Å²) in [6, 6.07) is 20.9. The number of nitrogens with one attached hydrogen (secondary N) is 2. The molecule has 0 saturated heterocycles. The van der Waals surface area contributed by atoms with Gasteiger partial charge in [0.05, 0.1) is 11.8 Å². The Hall–Kier alpha value is -3.09. The highest BCUT2D eigenvalue weighted by molar-refractivity contribution is 7.13. The second-order valence-corrected chi connectivity index (χ2v) is 7.87. The first-order chi connectivity index (χ1) is 14.7. The minimum atomic E-state index is -0.121. The van der Waals surface area contributed by atoms with Gasteiger partial charge in [-0.05, 0) is 59.6 Å². The van der Waals surface area contributed by atoms with Crippen LogP contribution in [0.25, 0.3) is 21.2 Å². The van der Waals surface area contributed by atoms with Gasteiger partial charge in [-0.2, -0.15) is 4.37 Å². The lowest BCUT2D eigenvalue weighted by molar-refractivity contribution is 0.0955. The molecule has 0 atom stereocenters. The highest BCUT2D eigenvalue weighted by atomic mass is 35.5. The van der Waals surface area contributed by atoms with Gasteiger partial charge < -0.3 is 15.4 Å². The van der Waals surface area contributed by atoms with Gasteiger partial charge in [0.15, 0.2) is 0 Å². The third-order valence-electron chi connectivity index (χ3n) is 4.70. The molecular weight excluding hydrogens is 418 g/mol. The summed E-state index contributed by atoms with van der Waals surface area (Å²) in [6.07, 6.45) is 0. The number of ether oxygens (including phenoxy) is 1. The lowest BCUT2D eigenvalue weighted by atomic mass is 10.0. The van der Waals surface area contributed by atoms with Crippen LogP contribution in [0.3, 0.4) is 0 Å². The van der Waals surface area contributed by atoms with Gasteiger partial charge in [-0.1, -0.05) is 35.9 Å². The van der Waals surface area contributed by atoms with Gasteiger partial charge in [0, 0.05) is 34.6 Å². The molecule has 152 valence electrons. The van der Waals surface area contributed by atoms with Gasteiger partial charge in [-0.3, -0.25) is 4.79 Å². The van der Waals surface area contributed by atoms with E-state index in [1.54, 1.807) is 25.3 Å². The van der Waals surface area contributed by atoms with Gasteiger partial charge in [0.25, 0.3) is 5.91 Å². The lowest BCUT2D eigenvalue weighted by Crippen LogP contribution is -2.28. The van der Waals surface area contributed by atoms with E-state index in [1.807, 2.05) is 48.5 Å². The molecule has 4 aromatic rings. The SMILES string of the molecule is COc1ccc(Cl)cc1-c1ccc(C(=O)NCCNc2nsc3ccccc23)cc1. The minimum Gasteiger partial charge on any atom is -0.496 e. The Morgan fingerprint density at radius 1 is 1.07 bits per heavy atom. The number of rotatable bonds is 7. The number of benzene rings is 3. The Morgan fingerprint density at radius 2 is 1.87 bits per heavy atom. The van der Waals surface area contributed by atoms with Crippen molar-refractivity contribution in [1.29, 1.82) is 0 Å².